The van der Waals surface area contributed by atoms with E-state index < -0.39 is 5.97 Å². The minimum Gasteiger partial charge on any atom is -0.480 e. The zero-order valence-corrected chi connectivity index (χ0v) is 33.4. The van der Waals surface area contributed by atoms with E-state index in [0.29, 0.717) is 12.8 Å². The normalized spacial score (nSPS) is 12.8. The summed E-state index contributed by atoms with van der Waals surface area (Å²) in [5, 5.41) is 11.1. The Labute approximate surface area is 319 Å². The Morgan fingerprint density at radius 2 is 0.962 bits per heavy atom. The van der Waals surface area contributed by atoms with Crippen LogP contribution < -0.4 is 5.32 Å². The molecule has 0 heterocycles. The van der Waals surface area contributed by atoms with Gasteiger partial charge in [-0.15, -0.1) is 0 Å². The van der Waals surface area contributed by atoms with Crippen LogP contribution in [0.25, 0.3) is 0 Å². The number of aliphatic carboxylic acids is 1. The Balaban J connectivity index is 4.26. The van der Waals surface area contributed by atoms with E-state index in [0.717, 1.165) is 122 Å². The van der Waals surface area contributed by atoms with E-state index in [2.05, 4.69) is 92.1 Å². The Morgan fingerprint density at radius 3 is 1.56 bits per heavy atom. The molecule has 0 spiro atoms. The highest BCUT2D eigenvalue weighted by molar-refractivity contribution is 5.80. The van der Waals surface area contributed by atoms with Gasteiger partial charge in [0.2, 0.25) is 5.91 Å². The fraction of sp³-hybridized carbons (Fsp3) is 0.674. The molecule has 0 aliphatic carbocycles. The molecule has 0 rings (SSSR count). The van der Waals surface area contributed by atoms with Crippen molar-refractivity contribution >= 4 is 17.8 Å². The predicted molar refractivity (Wildman–Crippen MR) is 221 cm³/mol. The van der Waals surface area contributed by atoms with Crippen molar-refractivity contribution in [3.8, 4) is 0 Å². The minimum absolute atomic E-state index is 0.0254. The predicted octanol–water partition coefficient (Wildman–Crippen LogP) is 13.0. The lowest BCUT2D eigenvalue weighted by Crippen LogP contribution is -2.28. The molecule has 0 aromatic rings. The summed E-state index contributed by atoms with van der Waals surface area (Å²) in [6, 6.07) is 0. The maximum Gasteiger partial charge on any atom is 0.322 e. The lowest BCUT2D eigenvalue weighted by atomic mass is 10.0. The zero-order valence-electron chi connectivity index (χ0n) is 33.4. The number of carbonyl (C=O) groups is 3. The van der Waals surface area contributed by atoms with Crippen molar-refractivity contribution in [3.63, 3.8) is 0 Å². The van der Waals surface area contributed by atoms with Crippen molar-refractivity contribution in [2.75, 3.05) is 6.54 Å². The molecule has 0 aliphatic heterocycles. The number of allylic oxidation sites excluding steroid dienone is 12. The molecule has 0 aromatic heterocycles. The molecule has 1 atom stereocenters. The maximum atomic E-state index is 12.7. The van der Waals surface area contributed by atoms with Gasteiger partial charge >= 0.3 is 11.9 Å². The number of hydrogen-bond donors (Lipinski definition) is 2. The average Bonchev–Trinajstić information content (AvgIpc) is 3.13. The van der Waals surface area contributed by atoms with Crippen LogP contribution in [0.2, 0.25) is 0 Å². The molecule has 0 saturated heterocycles. The molecule has 6 nitrogen and oxygen atoms in total. The van der Waals surface area contributed by atoms with Crippen molar-refractivity contribution in [1.29, 1.82) is 0 Å². The summed E-state index contributed by atoms with van der Waals surface area (Å²) in [6.07, 6.45) is 54.5. The number of unbranched alkanes of at least 4 members (excludes halogenated alkanes) is 14. The lowest BCUT2D eigenvalue weighted by molar-refractivity contribution is -0.150. The number of rotatable bonds is 37. The van der Waals surface area contributed by atoms with Crippen LogP contribution >= 0.6 is 0 Å². The third-order valence-corrected chi connectivity index (χ3v) is 8.86. The highest BCUT2D eigenvalue weighted by Gasteiger charge is 2.14. The summed E-state index contributed by atoms with van der Waals surface area (Å²) in [5.74, 6) is -1.29. The Morgan fingerprint density at radius 1 is 0.519 bits per heavy atom. The SMILES string of the molecule is CC/C=C\C/C=C\C/C=C\C/C=C\C/C=C\CCCCCC(=O)OC(CCC/C=C\CCCCCCCC)CCCCCCCC(=O)NCC(=O)O. The van der Waals surface area contributed by atoms with Gasteiger partial charge in [-0.25, -0.2) is 0 Å². The Kier molecular flexibility index (Phi) is 38.2. The number of esters is 1. The van der Waals surface area contributed by atoms with E-state index in [1.165, 1.54) is 38.5 Å². The summed E-state index contributed by atoms with van der Waals surface area (Å²) in [5.41, 5.74) is 0. The van der Waals surface area contributed by atoms with Gasteiger partial charge in [0.25, 0.3) is 0 Å². The van der Waals surface area contributed by atoms with Gasteiger partial charge in [-0.05, 0) is 103 Å². The van der Waals surface area contributed by atoms with Gasteiger partial charge < -0.3 is 15.2 Å². The number of carboxylic acid groups (broad SMARTS) is 1. The molecule has 0 saturated carbocycles. The first-order valence-corrected chi connectivity index (χ1v) is 21.1. The van der Waals surface area contributed by atoms with Crippen LogP contribution in [0.5, 0.6) is 0 Å². The van der Waals surface area contributed by atoms with Gasteiger partial charge in [-0.2, -0.15) is 0 Å². The second-order valence-corrected chi connectivity index (χ2v) is 13.9. The van der Waals surface area contributed by atoms with E-state index in [1.807, 2.05) is 0 Å². The van der Waals surface area contributed by atoms with Crippen LogP contribution in [0.15, 0.2) is 72.9 Å². The summed E-state index contributed by atoms with van der Waals surface area (Å²) in [4.78, 5) is 35.0. The third-order valence-electron chi connectivity index (χ3n) is 8.86. The highest BCUT2D eigenvalue weighted by Crippen LogP contribution is 2.17. The van der Waals surface area contributed by atoms with Gasteiger partial charge in [0.05, 0.1) is 0 Å². The van der Waals surface area contributed by atoms with E-state index in [9.17, 15) is 14.4 Å². The number of hydrogen-bond acceptors (Lipinski definition) is 4. The number of carboxylic acids is 1. The van der Waals surface area contributed by atoms with E-state index in [4.69, 9.17) is 9.84 Å². The Bertz CT molecular complexity index is 1020. The summed E-state index contributed by atoms with van der Waals surface area (Å²) in [6.45, 7) is 4.09. The topological polar surface area (TPSA) is 92.7 Å². The summed E-state index contributed by atoms with van der Waals surface area (Å²) in [7, 11) is 0. The average molecular weight is 724 g/mol. The molecule has 1 unspecified atom stereocenters. The van der Waals surface area contributed by atoms with Crippen LogP contribution in [-0.2, 0) is 19.1 Å². The first-order valence-electron chi connectivity index (χ1n) is 21.1. The minimum atomic E-state index is -1.02. The number of ether oxygens (including phenoxy) is 1. The van der Waals surface area contributed by atoms with Crippen molar-refractivity contribution < 1.29 is 24.2 Å². The van der Waals surface area contributed by atoms with E-state index >= 15 is 0 Å². The molecule has 52 heavy (non-hydrogen) atoms. The lowest BCUT2D eigenvalue weighted by Gasteiger charge is -2.18. The van der Waals surface area contributed by atoms with Gasteiger partial charge in [0.1, 0.15) is 12.6 Å². The van der Waals surface area contributed by atoms with Crippen molar-refractivity contribution in [2.24, 2.45) is 0 Å². The number of nitrogens with one attached hydrogen (secondary N) is 1. The largest absolute Gasteiger partial charge is 0.480 e. The third kappa shape index (κ3) is 39.6. The van der Waals surface area contributed by atoms with Crippen molar-refractivity contribution in [2.45, 2.75) is 193 Å². The fourth-order valence-electron chi connectivity index (χ4n) is 5.78. The van der Waals surface area contributed by atoms with Gasteiger partial charge in [0.15, 0.2) is 0 Å². The molecule has 2 N–H and O–H groups in total. The first kappa shape index (κ1) is 48.9. The zero-order chi connectivity index (χ0) is 38.0. The van der Waals surface area contributed by atoms with Gasteiger partial charge in [-0.1, -0.05) is 145 Å². The molecule has 6 heteroatoms. The van der Waals surface area contributed by atoms with Crippen LogP contribution in [-0.4, -0.2) is 35.6 Å². The quantitative estimate of drug-likeness (QED) is 0.0378. The van der Waals surface area contributed by atoms with Crippen LogP contribution in [0, 0.1) is 0 Å². The molecule has 0 aromatic carbocycles. The number of carbonyl (C=O) groups excluding carboxylic acids is 2. The van der Waals surface area contributed by atoms with Gasteiger partial charge in [0, 0.05) is 12.8 Å². The first-order chi connectivity index (χ1) is 25.5. The molecule has 0 bridgehead atoms. The van der Waals surface area contributed by atoms with Crippen LogP contribution in [0.4, 0.5) is 0 Å². The van der Waals surface area contributed by atoms with Crippen molar-refractivity contribution in [3.05, 3.63) is 72.9 Å². The molecular formula is C46H77NO5. The fourth-order valence-corrected chi connectivity index (χ4v) is 5.78. The molecule has 1 amide bonds. The molecule has 296 valence electrons. The Hall–Kier alpha value is -3.15. The highest BCUT2D eigenvalue weighted by atomic mass is 16.5. The van der Waals surface area contributed by atoms with Crippen LogP contribution in [0.1, 0.15) is 187 Å². The van der Waals surface area contributed by atoms with Crippen LogP contribution in [0.3, 0.4) is 0 Å². The molecule has 0 aliphatic rings. The monoisotopic (exact) mass is 724 g/mol. The van der Waals surface area contributed by atoms with E-state index in [1.54, 1.807) is 0 Å². The molecule has 0 radical (unpaired) electrons. The number of amides is 1. The van der Waals surface area contributed by atoms with Crippen molar-refractivity contribution in [1.82, 2.24) is 5.32 Å². The standard InChI is InChI=1S/C46H77NO5/c1-3-5-7-9-11-13-15-16-17-18-19-20-21-22-24-26-28-33-37-41-46(51)52-43(38-34-30-27-25-23-14-12-10-8-6-4-2)39-35-31-29-32-36-40-44(48)47-42-45(49)50/h5,7,11,13,16-17,19-20,22,24-25,27,43H,3-4,6,8-10,12,14-15,18,21,23,26,28-42H2,1-2H3,(H,47,48)(H,49,50)/b7-5-,13-11-,17-16-,20-19-,24-22-,27-25-. The smallest absolute Gasteiger partial charge is 0.322 e. The summed E-state index contributed by atoms with van der Waals surface area (Å²) >= 11 is 0. The summed E-state index contributed by atoms with van der Waals surface area (Å²) < 4.78 is 5.99. The maximum absolute atomic E-state index is 12.7. The molecular weight excluding hydrogens is 647 g/mol. The van der Waals surface area contributed by atoms with Gasteiger partial charge in [-0.3, -0.25) is 14.4 Å². The second kappa shape index (κ2) is 40.6. The molecule has 0 fully saturated rings. The van der Waals surface area contributed by atoms with E-state index in [-0.39, 0.29) is 24.5 Å². The second-order valence-electron chi connectivity index (χ2n) is 13.9.